The third-order valence-corrected chi connectivity index (χ3v) is 6.52. The van der Waals surface area contributed by atoms with Crippen LogP contribution in [0, 0.1) is 0 Å². The van der Waals surface area contributed by atoms with Gasteiger partial charge in [0.1, 0.15) is 0 Å². The van der Waals surface area contributed by atoms with E-state index in [0.717, 1.165) is 10.5 Å². The Morgan fingerprint density at radius 2 is 1.46 bits per heavy atom. The van der Waals surface area contributed by atoms with E-state index in [-0.39, 0.29) is 34.8 Å². The topological polar surface area (TPSA) is 66.5 Å². The number of hydrogen-bond acceptors (Lipinski definition) is 3. The van der Waals surface area contributed by atoms with Crippen molar-refractivity contribution in [3.63, 3.8) is 0 Å². The summed E-state index contributed by atoms with van der Waals surface area (Å²) < 4.78 is 44.9. The number of allylic oxidation sites excluding steroid dienone is 1. The van der Waals surface area contributed by atoms with E-state index >= 15 is 0 Å². The van der Waals surface area contributed by atoms with Crippen molar-refractivity contribution in [3.8, 4) is 0 Å². The Kier molecular flexibility index (Phi) is 7.23. The molecular weight excluding hydrogens is 505 g/mol. The highest BCUT2D eigenvalue weighted by atomic mass is 35.5. The first-order valence-corrected chi connectivity index (χ1v) is 11.8. The van der Waals surface area contributed by atoms with Gasteiger partial charge in [-0.1, -0.05) is 72.3 Å². The minimum absolute atomic E-state index is 0.0380. The van der Waals surface area contributed by atoms with E-state index in [1.54, 1.807) is 36.4 Å². The zero-order valence-electron chi connectivity index (χ0n) is 19.7. The quantitative estimate of drug-likeness (QED) is 0.407. The fourth-order valence-corrected chi connectivity index (χ4v) is 4.51. The number of ketones is 1. The van der Waals surface area contributed by atoms with Gasteiger partial charge in [-0.2, -0.15) is 13.2 Å². The summed E-state index contributed by atoms with van der Waals surface area (Å²) in [4.78, 5) is 41.2. The van der Waals surface area contributed by atoms with Crippen LogP contribution in [0.25, 0.3) is 0 Å². The second kappa shape index (κ2) is 10.2. The van der Waals surface area contributed by atoms with Gasteiger partial charge in [0.05, 0.1) is 5.57 Å². The Morgan fingerprint density at radius 1 is 0.892 bits per heavy atom. The molecule has 0 saturated heterocycles. The summed E-state index contributed by atoms with van der Waals surface area (Å²) in [5, 5.41) is 2.18. The Morgan fingerprint density at radius 3 is 2.03 bits per heavy atom. The highest BCUT2D eigenvalue weighted by Gasteiger charge is 2.70. The van der Waals surface area contributed by atoms with Crippen LogP contribution in [-0.2, 0) is 11.2 Å². The largest absolute Gasteiger partial charge is 0.425 e. The van der Waals surface area contributed by atoms with E-state index < -0.39 is 34.9 Å². The fraction of sp³-hybridized carbons (Fsp3) is 0.179. The number of amides is 2. The summed E-state index contributed by atoms with van der Waals surface area (Å²) in [6.07, 6.45) is -5.08. The number of halogens is 4. The monoisotopic (exact) mass is 526 g/mol. The molecule has 2 amide bonds. The molecule has 0 fully saturated rings. The normalized spacial score (nSPS) is 17.8. The van der Waals surface area contributed by atoms with Gasteiger partial charge in [-0.05, 0) is 43.2 Å². The zero-order chi connectivity index (χ0) is 26.8. The number of nitrogens with one attached hydrogen (secondary N) is 1. The van der Waals surface area contributed by atoms with Crippen molar-refractivity contribution in [1.82, 2.24) is 10.2 Å². The van der Waals surface area contributed by atoms with Gasteiger partial charge < -0.3 is 10.2 Å². The number of carbonyl (C=O) groups is 3. The number of benzene rings is 3. The van der Waals surface area contributed by atoms with Gasteiger partial charge >= 0.3 is 6.18 Å². The molecule has 0 spiro atoms. The van der Waals surface area contributed by atoms with Crippen molar-refractivity contribution in [2.45, 2.75) is 25.1 Å². The molecule has 1 N–H and O–H groups in total. The minimum atomic E-state index is -5.32. The van der Waals surface area contributed by atoms with E-state index in [0.29, 0.717) is 0 Å². The highest BCUT2D eigenvalue weighted by Crippen LogP contribution is 2.46. The molecule has 37 heavy (non-hydrogen) atoms. The average Bonchev–Trinajstić information content (AvgIpc) is 3.10. The lowest BCUT2D eigenvalue weighted by Gasteiger charge is -2.33. The Hall–Kier alpha value is -3.91. The third kappa shape index (κ3) is 4.89. The van der Waals surface area contributed by atoms with Gasteiger partial charge in [-0.25, -0.2) is 0 Å². The van der Waals surface area contributed by atoms with E-state index in [4.69, 9.17) is 11.6 Å². The summed E-state index contributed by atoms with van der Waals surface area (Å²) in [7, 11) is 0. The van der Waals surface area contributed by atoms with E-state index in [2.05, 4.69) is 0 Å². The van der Waals surface area contributed by atoms with Crippen molar-refractivity contribution < 1.29 is 27.6 Å². The molecule has 1 heterocycles. The number of alkyl halides is 3. The van der Waals surface area contributed by atoms with Crippen molar-refractivity contribution in [2.24, 2.45) is 0 Å². The van der Waals surface area contributed by atoms with Gasteiger partial charge in [0.15, 0.2) is 5.78 Å². The second-order valence-corrected chi connectivity index (χ2v) is 8.99. The Balaban J connectivity index is 1.83. The molecule has 1 aliphatic heterocycles. The molecule has 190 valence electrons. The Bertz CT molecular complexity index is 1360. The molecule has 9 heteroatoms. The minimum Gasteiger partial charge on any atom is -0.326 e. The van der Waals surface area contributed by atoms with Crippen LogP contribution in [0.1, 0.15) is 33.2 Å². The summed E-state index contributed by atoms with van der Waals surface area (Å²) in [6, 6.07) is 21.5. The SMILES string of the molecule is CC1=C(C(=O)c2ccccc2)C(NC(=O)c2ccc(Cl)cc2)(C(F)(F)F)C(=O)N1CCc1ccccc1. The van der Waals surface area contributed by atoms with Gasteiger partial charge in [-0.15, -0.1) is 0 Å². The zero-order valence-corrected chi connectivity index (χ0v) is 20.4. The van der Waals surface area contributed by atoms with Gasteiger partial charge in [-0.3, -0.25) is 14.4 Å². The van der Waals surface area contributed by atoms with E-state index in [1.165, 1.54) is 55.5 Å². The van der Waals surface area contributed by atoms with E-state index in [9.17, 15) is 27.6 Å². The van der Waals surface area contributed by atoms with Crippen molar-refractivity contribution in [1.29, 1.82) is 0 Å². The summed E-state index contributed by atoms with van der Waals surface area (Å²) >= 11 is 5.84. The van der Waals surface area contributed by atoms with Crippen LogP contribution in [0.3, 0.4) is 0 Å². The molecule has 3 aromatic rings. The van der Waals surface area contributed by atoms with Crippen LogP contribution in [0.2, 0.25) is 5.02 Å². The molecule has 3 aromatic carbocycles. The van der Waals surface area contributed by atoms with Gasteiger partial charge in [0.2, 0.25) is 5.54 Å². The number of rotatable bonds is 7. The van der Waals surface area contributed by atoms with Gasteiger partial charge in [0.25, 0.3) is 11.8 Å². The molecule has 1 atom stereocenters. The maximum Gasteiger partial charge on any atom is 0.425 e. The van der Waals surface area contributed by atoms with Crippen LogP contribution in [0.5, 0.6) is 0 Å². The molecule has 4 rings (SSSR count). The average molecular weight is 527 g/mol. The Labute approximate surface area is 216 Å². The summed E-state index contributed by atoms with van der Waals surface area (Å²) in [5.41, 5.74) is -3.95. The smallest absolute Gasteiger partial charge is 0.326 e. The van der Waals surface area contributed by atoms with Crippen LogP contribution < -0.4 is 5.32 Å². The standard InChI is InChI=1S/C28H22ClF3N2O3/c1-18-23(24(35)20-10-6-3-7-11-20)27(28(30,31)32,33-25(36)21-12-14-22(29)15-13-21)26(37)34(18)17-16-19-8-4-2-5-9-19/h2-15H,16-17H2,1H3,(H,33,36). The molecule has 5 nitrogen and oxygen atoms in total. The molecule has 1 unspecified atom stereocenters. The number of Topliss-reactive ketones (excluding diaryl/α,β-unsaturated/α-hetero) is 1. The number of hydrogen-bond donors (Lipinski definition) is 1. The third-order valence-electron chi connectivity index (χ3n) is 6.27. The van der Waals surface area contributed by atoms with Crippen LogP contribution >= 0.6 is 11.6 Å². The van der Waals surface area contributed by atoms with Crippen LogP contribution in [-0.4, -0.2) is 40.8 Å². The first kappa shape index (κ1) is 26.2. The van der Waals surface area contributed by atoms with Crippen molar-refractivity contribution in [3.05, 3.63) is 118 Å². The first-order chi connectivity index (χ1) is 17.6. The molecular formula is C28H22ClF3N2O3. The molecule has 0 bridgehead atoms. The van der Waals surface area contributed by atoms with Crippen molar-refractivity contribution >= 4 is 29.2 Å². The molecule has 0 aliphatic carbocycles. The lowest BCUT2D eigenvalue weighted by molar-refractivity contribution is -0.189. The maximum atomic E-state index is 15.0. The van der Waals surface area contributed by atoms with Gasteiger partial charge in [0, 0.05) is 28.4 Å². The lowest BCUT2D eigenvalue weighted by Crippen LogP contribution is -2.66. The molecule has 0 aromatic heterocycles. The highest BCUT2D eigenvalue weighted by molar-refractivity contribution is 6.30. The predicted octanol–water partition coefficient (Wildman–Crippen LogP) is 5.61. The first-order valence-electron chi connectivity index (χ1n) is 11.4. The molecule has 0 radical (unpaired) electrons. The summed E-state index contributed by atoms with van der Waals surface area (Å²) in [6.45, 7) is 1.18. The summed E-state index contributed by atoms with van der Waals surface area (Å²) in [5.74, 6) is -3.60. The second-order valence-electron chi connectivity index (χ2n) is 8.56. The fourth-order valence-electron chi connectivity index (χ4n) is 4.38. The van der Waals surface area contributed by atoms with Crippen molar-refractivity contribution in [2.75, 3.05) is 6.54 Å². The molecule has 1 aliphatic rings. The lowest BCUT2D eigenvalue weighted by atomic mass is 9.84. The maximum absolute atomic E-state index is 15.0. The van der Waals surface area contributed by atoms with E-state index in [1.807, 2.05) is 5.32 Å². The van der Waals surface area contributed by atoms with Crippen LogP contribution in [0.15, 0.2) is 96.2 Å². The number of carbonyl (C=O) groups excluding carboxylic acids is 3. The number of nitrogens with zero attached hydrogens (tertiary/aromatic N) is 1. The molecule has 0 saturated carbocycles. The van der Waals surface area contributed by atoms with Crippen LogP contribution in [0.4, 0.5) is 13.2 Å². The predicted molar refractivity (Wildman–Crippen MR) is 133 cm³/mol.